The van der Waals surface area contributed by atoms with Gasteiger partial charge in [0, 0.05) is 0 Å². The Morgan fingerprint density at radius 2 is 1.61 bits per heavy atom. The Labute approximate surface area is 141 Å². The van der Waals surface area contributed by atoms with Gasteiger partial charge in [-0.2, -0.15) is 8.42 Å². The highest BCUT2D eigenvalue weighted by Gasteiger charge is 2.23. The molecule has 1 aromatic rings. The van der Waals surface area contributed by atoms with Crippen LogP contribution in [0.4, 0.5) is 0 Å². The lowest BCUT2D eigenvalue weighted by Crippen LogP contribution is -2.20. The fourth-order valence-corrected chi connectivity index (χ4v) is 4.31. The molecule has 0 heterocycles. The zero-order valence-corrected chi connectivity index (χ0v) is 15.3. The molecule has 1 aromatic carbocycles. The van der Waals surface area contributed by atoms with E-state index in [0.29, 0.717) is 12.5 Å². The smallest absolute Gasteiger partial charge is 0.266 e. The molecule has 0 radical (unpaired) electrons. The number of unbranched alkanes of at least 4 members (excludes halogenated alkanes) is 2. The van der Waals surface area contributed by atoms with Gasteiger partial charge in [0.1, 0.15) is 0 Å². The predicted octanol–water partition coefficient (Wildman–Crippen LogP) is 5.09. The van der Waals surface area contributed by atoms with Crippen LogP contribution in [0.15, 0.2) is 29.2 Å². The molecule has 4 heteroatoms. The predicted molar refractivity (Wildman–Crippen MR) is 93.9 cm³/mol. The average molecular weight is 339 g/mol. The molecular weight excluding hydrogens is 308 g/mol. The van der Waals surface area contributed by atoms with Crippen molar-refractivity contribution in [1.29, 1.82) is 0 Å². The molecule has 23 heavy (non-hydrogen) atoms. The van der Waals surface area contributed by atoms with Crippen LogP contribution >= 0.6 is 0 Å². The van der Waals surface area contributed by atoms with E-state index in [9.17, 15) is 8.42 Å². The fourth-order valence-electron chi connectivity index (χ4n) is 3.33. The van der Waals surface area contributed by atoms with E-state index >= 15 is 0 Å². The molecule has 1 aliphatic rings. The Balaban J connectivity index is 1.75. The van der Waals surface area contributed by atoms with Crippen molar-refractivity contribution in [2.45, 2.75) is 70.1 Å². The minimum absolute atomic E-state index is 0.261. The molecule has 1 saturated carbocycles. The molecule has 3 nitrogen and oxygen atoms in total. The van der Waals surface area contributed by atoms with Gasteiger partial charge in [-0.1, -0.05) is 63.1 Å². The van der Waals surface area contributed by atoms with Crippen LogP contribution < -0.4 is 0 Å². The second-order valence-electron chi connectivity index (χ2n) is 6.93. The van der Waals surface area contributed by atoms with Crippen LogP contribution in [0.2, 0.25) is 0 Å². The van der Waals surface area contributed by atoms with Crippen molar-refractivity contribution >= 4 is 10.1 Å². The molecule has 0 spiro atoms. The van der Waals surface area contributed by atoms with E-state index in [-0.39, 0.29) is 4.90 Å². The number of hydrogen-bond donors (Lipinski definition) is 0. The third-order valence-corrected chi connectivity index (χ3v) is 6.25. The summed E-state index contributed by atoms with van der Waals surface area (Å²) < 4.78 is 29.7. The van der Waals surface area contributed by atoms with Crippen LogP contribution in [0.1, 0.15) is 63.9 Å². The summed E-state index contributed by atoms with van der Waals surface area (Å²) in [5, 5.41) is 0. The summed E-state index contributed by atoms with van der Waals surface area (Å²) in [6.45, 7) is 4.51. The maximum Gasteiger partial charge on any atom is 0.296 e. The van der Waals surface area contributed by atoms with E-state index in [1.54, 1.807) is 24.3 Å². The topological polar surface area (TPSA) is 43.4 Å². The number of rotatable bonds is 8. The number of aryl methyl sites for hydroxylation is 1. The molecule has 0 bridgehead atoms. The highest BCUT2D eigenvalue weighted by atomic mass is 32.2. The summed E-state index contributed by atoms with van der Waals surface area (Å²) >= 11 is 0. The lowest BCUT2D eigenvalue weighted by molar-refractivity contribution is 0.181. The van der Waals surface area contributed by atoms with Crippen molar-refractivity contribution in [3.8, 4) is 0 Å². The third-order valence-electron chi connectivity index (χ3n) is 4.95. The van der Waals surface area contributed by atoms with Gasteiger partial charge in [-0.3, -0.25) is 4.18 Å². The lowest BCUT2D eigenvalue weighted by atomic mass is 9.80. The summed E-state index contributed by atoms with van der Waals surface area (Å²) in [6.07, 6.45) is 9.93. The van der Waals surface area contributed by atoms with Crippen LogP contribution in [0.3, 0.4) is 0 Å². The second kappa shape index (κ2) is 8.84. The minimum Gasteiger partial charge on any atom is -0.266 e. The molecule has 2 rings (SSSR count). The first-order valence-corrected chi connectivity index (χ1v) is 10.4. The number of benzene rings is 1. The largest absolute Gasteiger partial charge is 0.296 e. The molecule has 0 saturated heterocycles. The molecule has 0 N–H and O–H groups in total. The van der Waals surface area contributed by atoms with Crippen molar-refractivity contribution < 1.29 is 12.6 Å². The maximum absolute atomic E-state index is 12.2. The average Bonchev–Trinajstić information content (AvgIpc) is 2.55. The van der Waals surface area contributed by atoms with Crippen LogP contribution in [0.5, 0.6) is 0 Å². The Morgan fingerprint density at radius 1 is 1.00 bits per heavy atom. The Bertz CT molecular complexity index is 555. The van der Waals surface area contributed by atoms with Gasteiger partial charge >= 0.3 is 0 Å². The fraction of sp³-hybridized carbons (Fsp3) is 0.684. The Kier molecular flexibility index (Phi) is 7.09. The van der Waals surface area contributed by atoms with Crippen molar-refractivity contribution in [2.75, 3.05) is 6.61 Å². The Morgan fingerprint density at radius 3 is 2.22 bits per heavy atom. The quantitative estimate of drug-likeness (QED) is 0.490. The SMILES string of the molecule is CCCCCC1CCC(COS(=O)(=O)c2ccc(C)cc2)CC1. The highest BCUT2D eigenvalue weighted by molar-refractivity contribution is 7.86. The monoisotopic (exact) mass is 338 g/mol. The van der Waals surface area contributed by atoms with E-state index in [4.69, 9.17) is 4.18 Å². The first-order chi connectivity index (χ1) is 11.0. The molecule has 0 aliphatic heterocycles. The zero-order chi connectivity index (χ0) is 16.7. The lowest BCUT2D eigenvalue weighted by Gasteiger charge is -2.28. The third kappa shape index (κ3) is 5.92. The van der Waals surface area contributed by atoms with Gasteiger partial charge in [-0.25, -0.2) is 0 Å². The Hall–Kier alpha value is -0.870. The minimum atomic E-state index is -3.61. The van der Waals surface area contributed by atoms with Crippen LogP contribution in [-0.4, -0.2) is 15.0 Å². The zero-order valence-electron chi connectivity index (χ0n) is 14.5. The first kappa shape index (κ1) is 18.5. The van der Waals surface area contributed by atoms with Crippen molar-refractivity contribution in [3.05, 3.63) is 29.8 Å². The van der Waals surface area contributed by atoms with Crippen LogP contribution in [0.25, 0.3) is 0 Å². The van der Waals surface area contributed by atoms with Gasteiger partial charge in [0.2, 0.25) is 0 Å². The summed E-state index contributed by atoms with van der Waals surface area (Å²) in [7, 11) is -3.61. The van der Waals surface area contributed by atoms with Crippen molar-refractivity contribution in [3.63, 3.8) is 0 Å². The van der Waals surface area contributed by atoms with Gasteiger partial charge in [-0.05, 0) is 43.7 Å². The van der Waals surface area contributed by atoms with E-state index in [2.05, 4.69) is 6.92 Å². The molecule has 0 atom stereocenters. The van der Waals surface area contributed by atoms with Crippen molar-refractivity contribution in [2.24, 2.45) is 11.8 Å². The van der Waals surface area contributed by atoms with Gasteiger partial charge in [0.25, 0.3) is 10.1 Å². The van der Waals surface area contributed by atoms with E-state index < -0.39 is 10.1 Å². The second-order valence-corrected chi connectivity index (χ2v) is 8.55. The molecule has 0 aromatic heterocycles. The molecular formula is C19H30O3S. The maximum atomic E-state index is 12.2. The standard InChI is InChI=1S/C19H30O3S/c1-3-4-5-6-17-9-11-18(12-10-17)15-22-23(20,21)19-13-7-16(2)8-14-19/h7-8,13-14,17-18H,3-6,9-12,15H2,1-2H3. The molecule has 1 fully saturated rings. The van der Waals surface area contributed by atoms with Crippen molar-refractivity contribution in [1.82, 2.24) is 0 Å². The highest BCUT2D eigenvalue weighted by Crippen LogP contribution is 2.32. The van der Waals surface area contributed by atoms with E-state index in [1.165, 1.54) is 38.5 Å². The van der Waals surface area contributed by atoms with Gasteiger partial charge < -0.3 is 0 Å². The van der Waals surface area contributed by atoms with Gasteiger partial charge in [0.05, 0.1) is 11.5 Å². The van der Waals surface area contributed by atoms with Gasteiger partial charge in [-0.15, -0.1) is 0 Å². The van der Waals surface area contributed by atoms with Gasteiger partial charge in [0.15, 0.2) is 0 Å². The normalized spacial score (nSPS) is 22.2. The molecule has 0 amide bonds. The van der Waals surface area contributed by atoms with E-state index in [1.807, 2.05) is 6.92 Å². The van der Waals surface area contributed by atoms with E-state index in [0.717, 1.165) is 24.3 Å². The summed E-state index contributed by atoms with van der Waals surface area (Å²) in [6, 6.07) is 6.85. The summed E-state index contributed by atoms with van der Waals surface area (Å²) in [5.74, 6) is 1.23. The molecule has 0 unspecified atom stereocenters. The molecule has 1 aliphatic carbocycles. The molecule has 130 valence electrons. The summed E-state index contributed by atoms with van der Waals surface area (Å²) in [5.41, 5.74) is 1.05. The first-order valence-electron chi connectivity index (χ1n) is 8.97. The van der Waals surface area contributed by atoms with Crippen LogP contribution in [-0.2, 0) is 14.3 Å². The van der Waals surface area contributed by atoms with Crippen LogP contribution in [0, 0.1) is 18.8 Å². The number of hydrogen-bond acceptors (Lipinski definition) is 3. The summed E-state index contributed by atoms with van der Waals surface area (Å²) in [4.78, 5) is 0.261.